The molecule has 0 unspecified atom stereocenters. The molecule has 29 heavy (non-hydrogen) atoms. The Morgan fingerprint density at radius 1 is 1.10 bits per heavy atom. The van der Waals surface area contributed by atoms with E-state index in [1.807, 2.05) is 30.3 Å². The van der Waals surface area contributed by atoms with Gasteiger partial charge in [-0.3, -0.25) is 9.36 Å². The zero-order valence-electron chi connectivity index (χ0n) is 15.3. The second kappa shape index (κ2) is 7.89. The maximum Gasteiger partial charge on any atom is 0.374 e. The number of ether oxygens (including phenoxy) is 1. The topological polar surface area (TPSA) is 74.3 Å². The Hall–Kier alpha value is -3.45. The Kier molecular flexibility index (Phi) is 5.14. The molecule has 7 heteroatoms. The smallest absolute Gasteiger partial charge is 0.374 e. The molecule has 0 aliphatic carbocycles. The summed E-state index contributed by atoms with van der Waals surface area (Å²) in [5.74, 6) is -0.0680. The van der Waals surface area contributed by atoms with Gasteiger partial charge in [-0.2, -0.15) is 0 Å². The van der Waals surface area contributed by atoms with Crippen molar-refractivity contribution in [2.75, 3.05) is 7.11 Å². The number of methoxy groups -OCH3 is 1. The summed E-state index contributed by atoms with van der Waals surface area (Å²) in [5, 5.41) is 0.520. The predicted molar refractivity (Wildman–Crippen MR) is 114 cm³/mol. The molecule has 4 rings (SSSR count). The van der Waals surface area contributed by atoms with Gasteiger partial charge in [0, 0.05) is 10.0 Å². The highest BCUT2D eigenvalue weighted by molar-refractivity contribution is 9.10. The molecule has 0 spiro atoms. The number of furan rings is 1. The molecule has 6 nitrogen and oxygen atoms in total. The summed E-state index contributed by atoms with van der Waals surface area (Å²) in [6, 6.07) is 16.2. The molecule has 0 aliphatic heterocycles. The van der Waals surface area contributed by atoms with E-state index in [2.05, 4.69) is 20.9 Å². The van der Waals surface area contributed by atoms with Crippen molar-refractivity contribution in [3.05, 3.63) is 92.8 Å². The Bertz CT molecular complexity index is 1290. The summed E-state index contributed by atoms with van der Waals surface area (Å²) in [4.78, 5) is 29.7. The Morgan fingerprint density at radius 2 is 1.86 bits per heavy atom. The van der Waals surface area contributed by atoms with Crippen molar-refractivity contribution < 1.29 is 13.9 Å². The van der Waals surface area contributed by atoms with Crippen molar-refractivity contribution >= 4 is 45.0 Å². The second-order valence-corrected chi connectivity index (χ2v) is 7.05. The lowest BCUT2D eigenvalue weighted by Gasteiger charge is -2.11. The first-order valence-electron chi connectivity index (χ1n) is 8.70. The van der Waals surface area contributed by atoms with Crippen LogP contribution in [-0.4, -0.2) is 22.6 Å². The van der Waals surface area contributed by atoms with Crippen LogP contribution in [0.3, 0.4) is 0 Å². The summed E-state index contributed by atoms with van der Waals surface area (Å²) >= 11 is 3.41. The van der Waals surface area contributed by atoms with Crippen LogP contribution >= 0.6 is 15.9 Å². The maximum atomic E-state index is 13.2. The third-order valence-corrected chi connectivity index (χ3v) is 4.89. The average molecular weight is 451 g/mol. The molecule has 4 aromatic rings. The minimum Gasteiger partial charge on any atom is -0.463 e. The zero-order chi connectivity index (χ0) is 20.4. The number of rotatable bonds is 4. The van der Waals surface area contributed by atoms with E-state index in [1.165, 1.54) is 17.9 Å². The number of esters is 1. The van der Waals surface area contributed by atoms with E-state index >= 15 is 0 Å². The fourth-order valence-corrected chi connectivity index (χ4v) is 3.24. The summed E-state index contributed by atoms with van der Waals surface area (Å²) in [6.07, 6.45) is 4.75. The molecule has 0 atom stereocenters. The standard InChI is InChI=1S/C22H15BrN2O4/c1-28-22(27)20-14(12-13-29-20)6-11-19-24-18-5-3-2-4-17(18)21(26)25(19)16-9-7-15(23)8-10-16/h2-13H,1H3/b11-6+. The molecular weight excluding hydrogens is 436 g/mol. The Morgan fingerprint density at radius 3 is 2.62 bits per heavy atom. The van der Waals surface area contributed by atoms with Crippen LogP contribution in [0.2, 0.25) is 0 Å². The maximum absolute atomic E-state index is 13.2. The Balaban J connectivity index is 1.90. The van der Waals surface area contributed by atoms with Crippen LogP contribution in [0.15, 0.2) is 74.5 Å². The van der Waals surface area contributed by atoms with Crippen LogP contribution in [0.5, 0.6) is 0 Å². The number of hydrogen-bond acceptors (Lipinski definition) is 5. The van der Waals surface area contributed by atoms with Gasteiger partial charge in [-0.1, -0.05) is 28.1 Å². The van der Waals surface area contributed by atoms with Gasteiger partial charge in [0.05, 0.1) is 30.0 Å². The van der Waals surface area contributed by atoms with Gasteiger partial charge in [-0.15, -0.1) is 0 Å². The van der Waals surface area contributed by atoms with Crippen LogP contribution in [-0.2, 0) is 4.74 Å². The van der Waals surface area contributed by atoms with E-state index in [9.17, 15) is 9.59 Å². The number of fused-ring (bicyclic) bond motifs is 1. The minimum atomic E-state index is -0.577. The van der Waals surface area contributed by atoms with Crippen molar-refractivity contribution in [2.24, 2.45) is 0 Å². The molecule has 2 aromatic heterocycles. The van der Waals surface area contributed by atoms with E-state index in [1.54, 1.807) is 36.4 Å². The molecule has 0 saturated carbocycles. The number of halogens is 1. The third kappa shape index (κ3) is 3.64. The van der Waals surface area contributed by atoms with E-state index in [0.717, 1.165) is 4.47 Å². The number of carbonyl (C=O) groups is 1. The molecule has 0 N–H and O–H groups in total. The van der Waals surface area contributed by atoms with E-state index in [0.29, 0.717) is 28.0 Å². The van der Waals surface area contributed by atoms with E-state index < -0.39 is 5.97 Å². The monoisotopic (exact) mass is 450 g/mol. The molecule has 0 aliphatic rings. The number of para-hydroxylation sites is 1. The van der Waals surface area contributed by atoms with Crippen molar-refractivity contribution in [1.82, 2.24) is 9.55 Å². The van der Waals surface area contributed by atoms with E-state index in [-0.39, 0.29) is 11.3 Å². The van der Waals surface area contributed by atoms with Crippen LogP contribution in [0.4, 0.5) is 0 Å². The van der Waals surface area contributed by atoms with Gasteiger partial charge >= 0.3 is 5.97 Å². The van der Waals surface area contributed by atoms with Gasteiger partial charge in [0.25, 0.3) is 5.56 Å². The third-order valence-electron chi connectivity index (χ3n) is 4.36. The highest BCUT2D eigenvalue weighted by atomic mass is 79.9. The lowest BCUT2D eigenvalue weighted by Crippen LogP contribution is -2.22. The molecule has 2 aromatic carbocycles. The lowest BCUT2D eigenvalue weighted by atomic mass is 10.2. The van der Waals surface area contributed by atoms with Crippen molar-refractivity contribution in [3.8, 4) is 5.69 Å². The number of carbonyl (C=O) groups excluding carboxylic acids is 1. The molecule has 0 radical (unpaired) electrons. The highest BCUT2D eigenvalue weighted by Crippen LogP contribution is 2.19. The van der Waals surface area contributed by atoms with Gasteiger partial charge in [0.1, 0.15) is 5.82 Å². The molecule has 0 bridgehead atoms. The summed E-state index contributed by atoms with van der Waals surface area (Å²) in [6.45, 7) is 0. The predicted octanol–water partition coefficient (Wildman–Crippen LogP) is 4.70. The minimum absolute atomic E-state index is 0.0853. The summed E-state index contributed by atoms with van der Waals surface area (Å²) < 4.78 is 12.4. The van der Waals surface area contributed by atoms with Crippen LogP contribution < -0.4 is 5.56 Å². The summed E-state index contributed by atoms with van der Waals surface area (Å²) in [7, 11) is 1.29. The van der Waals surface area contributed by atoms with Crippen molar-refractivity contribution in [1.29, 1.82) is 0 Å². The first kappa shape index (κ1) is 18.9. The fourth-order valence-electron chi connectivity index (χ4n) is 2.97. The normalized spacial score (nSPS) is 11.2. The first-order chi connectivity index (χ1) is 14.1. The largest absolute Gasteiger partial charge is 0.463 e. The van der Waals surface area contributed by atoms with Crippen molar-refractivity contribution in [2.45, 2.75) is 0 Å². The van der Waals surface area contributed by atoms with Gasteiger partial charge in [-0.25, -0.2) is 9.78 Å². The Labute approximate surface area is 174 Å². The van der Waals surface area contributed by atoms with E-state index in [4.69, 9.17) is 9.15 Å². The van der Waals surface area contributed by atoms with Crippen LogP contribution in [0, 0.1) is 0 Å². The number of aromatic nitrogens is 2. The molecule has 2 heterocycles. The SMILES string of the molecule is COC(=O)c1occc1/C=C/c1nc2ccccc2c(=O)n1-c1ccc(Br)cc1. The average Bonchev–Trinajstić information content (AvgIpc) is 3.21. The quantitative estimate of drug-likeness (QED) is 0.421. The first-order valence-corrected chi connectivity index (χ1v) is 9.49. The number of nitrogens with zero attached hydrogens (tertiary/aromatic N) is 2. The van der Waals surface area contributed by atoms with Crippen molar-refractivity contribution in [3.63, 3.8) is 0 Å². The van der Waals surface area contributed by atoms with Crippen LogP contribution in [0.25, 0.3) is 28.7 Å². The highest BCUT2D eigenvalue weighted by Gasteiger charge is 2.15. The molecule has 0 amide bonds. The summed E-state index contributed by atoms with van der Waals surface area (Å²) in [5.41, 5.74) is 1.61. The number of hydrogen-bond donors (Lipinski definition) is 0. The van der Waals surface area contributed by atoms with Crippen LogP contribution in [0.1, 0.15) is 21.9 Å². The molecular formula is C22H15BrN2O4. The fraction of sp³-hybridized carbons (Fsp3) is 0.0455. The molecule has 0 saturated heterocycles. The lowest BCUT2D eigenvalue weighted by molar-refractivity contribution is 0.0565. The van der Waals surface area contributed by atoms with Gasteiger partial charge < -0.3 is 9.15 Å². The molecule has 144 valence electrons. The van der Waals surface area contributed by atoms with Gasteiger partial charge in [-0.05, 0) is 54.6 Å². The number of benzene rings is 2. The second-order valence-electron chi connectivity index (χ2n) is 6.13. The van der Waals surface area contributed by atoms with Gasteiger partial charge in [0.2, 0.25) is 5.76 Å². The zero-order valence-corrected chi connectivity index (χ0v) is 16.9. The van der Waals surface area contributed by atoms with Gasteiger partial charge in [0.15, 0.2) is 0 Å². The molecule has 0 fully saturated rings.